The molecule has 8 aromatic carbocycles. The Morgan fingerprint density at radius 1 is 0.349 bits per heavy atom. The van der Waals surface area contributed by atoms with E-state index in [0.29, 0.717) is 0 Å². The first-order valence-corrected chi connectivity index (χ1v) is 15.2. The summed E-state index contributed by atoms with van der Waals surface area (Å²) in [5, 5.41) is 10.4. The summed E-state index contributed by atoms with van der Waals surface area (Å²) in [6.07, 6.45) is 0. The number of hydrogen-bond donors (Lipinski definition) is 0. The molecule has 0 bridgehead atoms. The zero-order valence-corrected chi connectivity index (χ0v) is 24.4. The van der Waals surface area contributed by atoms with Crippen molar-refractivity contribution in [2.75, 3.05) is 0 Å². The Morgan fingerprint density at radius 2 is 0.791 bits per heavy atom. The summed E-state index contributed by atoms with van der Waals surface area (Å²) in [6, 6.07) is 54.2. The molecule has 0 radical (unpaired) electrons. The normalized spacial score (nSPS) is 13.5. The molecule has 0 N–H and O–H groups in total. The predicted molar refractivity (Wildman–Crippen MR) is 185 cm³/mol. The molecule has 0 aliphatic heterocycles. The zero-order valence-electron chi connectivity index (χ0n) is 24.4. The van der Waals surface area contributed by atoms with Gasteiger partial charge in [0.1, 0.15) is 0 Å². The number of fused-ring (bicyclic) bond motifs is 8. The summed E-state index contributed by atoms with van der Waals surface area (Å²) in [7, 11) is 0. The second-order valence-electron chi connectivity index (χ2n) is 12.6. The van der Waals surface area contributed by atoms with Crippen molar-refractivity contribution in [3.63, 3.8) is 0 Å². The lowest BCUT2D eigenvalue weighted by Gasteiger charge is -2.23. The molecule has 0 aromatic heterocycles. The molecule has 0 heteroatoms. The second kappa shape index (κ2) is 8.90. The number of hydrogen-bond acceptors (Lipinski definition) is 0. The van der Waals surface area contributed by atoms with E-state index >= 15 is 0 Å². The Morgan fingerprint density at radius 3 is 1.42 bits per heavy atom. The van der Waals surface area contributed by atoms with Gasteiger partial charge in [-0.2, -0.15) is 0 Å². The fraction of sp³-hybridized carbons (Fsp3) is 0.0698. The molecule has 0 fully saturated rings. The minimum atomic E-state index is -0.0541. The van der Waals surface area contributed by atoms with Crippen LogP contribution < -0.4 is 0 Å². The maximum Gasteiger partial charge on any atom is 0.0165 e. The van der Waals surface area contributed by atoms with Gasteiger partial charge < -0.3 is 0 Å². The van der Waals surface area contributed by atoms with Gasteiger partial charge in [-0.05, 0) is 124 Å². The average molecular weight is 547 g/mol. The molecular formula is C43H30. The van der Waals surface area contributed by atoms with Gasteiger partial charge in [0.2, 0.25) is 0 Å². The summed E-state index contributed by atoms with van der Waals surface area (Å²) in [4.78, 5) is 0. The Hall–Kier alpha value is -5.20. The van der Waals surface area contributed by atoms with Crippen molar-refractivity contribution < 1.29 is 0 Å². The molecule has 0 amide bonds. The van der Waals surface area contributed by atoms with Crippen LogP contribution in [0, 0.1) is 0 Å². The van der Waals surface area contributed by atoms with E-state index < -0.39 is 0 Å². The van der Waals surface area contributed by atoms with Crippen LogP contribution in [0.1, 0.15) is 25.0 Å². The molecule has 0 heterocycles. The van der Waals surface area contributed by atoms with Crippen molar-refractivity contribution in [3.8, 4) is 33.4 Å². The van der Waals surface area contributed by atoms with Crippen molar-refractivity contribution in [2.45, 2.75) is 19.3 Å². The summed E-state index contributed by atoms with van der Waals surface area (Å²) in [5.74, 6) is 0. The summed E-state index contributed by atoms with van der Waals surface area (Å²) >= 11 is 0. The fourth-order valence-electron chi connectivity index (χ4n) is 7.50. The molecule has 1 aliphatic rings. The molecule has 0 spiro atoms. The van der Waals surface area contributed by atoms with Crippen LogP contribution in [0.5, 0.6) is 0 Å². The fourth-order valence-corrected chi connectivity index (χ4v) is 7.50. The van der Waals surface area contributed by atoms with Crippen LogP contribution in [0.3, 0.4) is 0 Å². The third-order valence-electron chi connectivity index (χ3n) is 9.75. The van der Waals surface area contributed by atoms with Crippen molar-refractivity contribution in [1.82, 2.24) is 0 Å². The molecule has 9 rings (SSSR count). The van der Waals surface area contributed by atoms with Crippen molar-refractivity contribution in [3.05, 3.63) is 157 Å². The van der Waals surface area contributed by atoms with Gasteiger partial charge >= 0.3 is 0 Å². The summed E-state index contributed by atoms with van der Waals surface area (Å²) in [5.41, 5.74) is 10.6. The van der Waals surface area contributed by atoms with E-state index in [4.69, 9.17) is 0 Å². The van der Waals surface area contributed by atoms with Crippen molar-refractivity contribution in [2.24, 2.45) is 0 Å². The lowest BCUT2D eigenvalue weighted by molar-refractivity contribution is 0.667. The smallest absolute Gasteiger partial charge is 0.0165 e. The molecule has 0 unspecified atom stereocenters. The van der Waals surface area contributed by atoms with E-state index in [1.54, 1.807) is 0 Å². The first-order valence-electron chi connectivity index (χ1n) is 15.2. The van der Waals surface area contributed by atoms with Gasteiger partial charge in [0.05, 0.1) is 0 Å². The molecule has 202 valence electrons. The van der Waals surface area contributed by atoms with Gasteiger partial charge in [-0.25, -0.2) is 0 Å². The molecule has 0 nitrogen and oxygen atoms in total. The van der Waals surface area contributed by atoms with Gasteiger partial charge in [-0.3, -0.25) is 0 Å². The predicted octanol–water partition coefficient (Wildman–Crippen LogP) is 11.9. The van der Waals surface area contributed by atoms with E-state index in [0.717, 1.165) is 0 Å². The average Bonchev–Trinajstić information content (AvgIpc) is 3.28. The van der Waals surface area contributed by atoms with Gasteiger partial charge in [0.15, 0.2) is 0 Å². The van der Waals surface area contributed by atoms with Crippen LogP contribution in [0.2, 0.25) is 0 Å². The highest BCUT2D eigenvalue weighted by Gasteiger charge is 2.37. The minimum absolute atomic E-state index is 0.0541. The summed E-state index contributed by atoms with van der Waals surface area (Å²) in [6.45, 7) is 4.77. The second-order valence-corrected chi connectivity index (χ2v) is 12.6. The lowest BCUT2D eigenvalue weighted by atomic mass is 9.79. The molecular weight excluding hydrogens is 516 g/mol. The number of benzene rings is 8. The molecule has 8 aromatic rings. The third-order valence-corrected chi connectivity index (χ3v) is 9.75. The summed E-state index contributed by atoms with van der Waals surface area (Å²) < 4.78 is 0. The SMILES string of the molecule is CC1(C)c2cc3ccccc3cc2-c2ccc3cc(-c4ccc5cc(-c6ccc7ccccc7c6)ccc5c4)ccc3c21. The Kier molecular flexibility index (Phi) is 5.05. The van der Waals surface area contributed by atoms with Crippen molar-refractivity contribution >= 4 is 43.1 Å². The molecule has 43 heavy (non-hydrogen) atoms. The van der Waals surface area contributed by atoms with E-state index in [1.807, 2.05) is 0 Å². The Balaban J connectivity index is 1.11. The quantitative estimate of drug-likeness (QED) is 0.202. The zero-order chi connectivity index (χ0) is 28.7. The van der Waals surface area contributed by atoms with Crippen LogP contribution in [0.15, 0.2) is 146 Å². The highest BCUT2D eigenvalue weighted by molar-refractivity contribution is 6.02. The van der Waals surface area contributed by atoms with Crippen LogP contribution in [0.4, 0.5) is 0 Å². The van der Waals surface area contributed by atoms with E-state index in [2.05, 4.69) is 159 Å². The maximum absolute atomic E-state index is 2.41. The number of rotatable bonds is 2. The molecule has 0 saturated heterocycles. The first-order chi connectivity index (χ1) is 21.0. The van der Waals surface area contributed by atoms with E-state index in [1.165, 1.54) is 87.6 Å². The third kappa shape index (κ3) is 3.70. The van der Waals surface area contributed by atoms with Gasteiger partial charge in [-0.15, -0.1) is 0 Å². The highest BCUT2D eigenvalue weighted by atomic mass is 14.4. The van der Waals surface area contributed by atoms with Gasteiger partial charge in [0.25, 0.3) is 0 Å². The topological polar surface area (TPSA) is 0 Å². The molecule has 0 saturated carbocycles. The van der Waals surface area contributed by atoms with E-state index in [-0.39, 0.29) is 5.41 Å². The monoisotopic (exact) mass is 546 g/mol. The van der Waals surface area contributed by atoms with Crippen molar-refractivity contribution in [1.29, 1.82) is 0 Å². The standard InChI is InChI=1S/C43H30/c1-43(2)41-26-30-10-6-5-9-29(30)25-40(41)39-20-18-37-24-36(17-19-38(37)42(39)43)35-16-15-33-22-32(13-14-34(33)23-35)31-12-11-27-7-3-4-8-28(27)21-31/h3-26H,1-2H3. The van der Waals surface area contributed by atoms with Crippen LogP contribution in [0.25, 0.3) is 76.5 Å². The van der Waals surface area contributed by atoms with Crippen LogP contribution in [-0.2, 0) is 5.41 Å². The van der Waals surface area contributed by atoms with Crippen LogP contribution in [-0.4, -0.2) is 0 Å². The molecule has 0 atom stereocenters. The first kappa shape index (κ1) is 24.4. The van der Waals surface area contributed by atoms with E-state index in [9.17, 15) is 0 Å². The van der Waals surface area contributed by atoms with Gasteiger partial charge in [0, 0.05) is 5.41 Å². The maximum atomic E-state index is 2.41. The largest absolute Gasteiger partial charge is 0.0616 e. The highest BCUT2D eigenvalue weighted by Crippen LogP contribution is 2.52. The van der Waals surface area contributed by atoms with Gasteiger partial charge in [-0.1, -0.05) is 123 Å². The Labute approximate surface area is 251 Å². The minimum Gasteiger partial charge on any atom is -0.0616 e. The lowest BCUT2D eigenvalue weighted by Crippen LogP contribution is -2.15. The van der Waals surface area contributed by atoms with Crippen LogP contribution >= 0.6 is 0 Å². The Bertz CT molecular complexity index is 2420. The molecule has 1 aliphatic carbocycles.